The third-order valence-corrected chi connectivity index (χ3v) is 3.74. The second kappa shape index (κ2) is 6.07. The molecule has 0 aliphatic carbocycles. The highest BCUT2D eigenvalue weighted by Gasteiger charge is 2.41. The van der Waals surface area contributed by atoms with Crippen molar-refractivity contribution in [3.05, 3.63) is 35.2 Å². The number of alkyl halides is 4. The quantitative estimate of drug-likeness (QED) is 0.821. The number of benzene rings is 1. The van der Waals surface area contributed by atoms with Gasteiger partial charge in [-0.2, -0.15) is 8.78 Å². The third kappa shape index (κ3) is 3.28. The molecule has 20 heavy (non-hydrogen) atoms. The molecule has 7 heteroatoms. The average molecular weight is 308 g/mol. The highest BCUT2D eigenvalue weighted by Crippen LogP contribution is 2.29. The molecule has 1 N–H and O–H groups in total. The fourth-order valence-electron chi connectivity index (χ4n) is 1.74. The number of thiophene rings is 1. The van der Waals surface area contributed by atoms with Crippen molar-refractivity contribution >= 4 is 21.4 Å². The van der Waals surface area contributed by atoms with Crippen molar-refractivity contribution in [1.29, 1.82) is 0 Å². The first-order valence-electron chi connectivity index (χ1n) is 5.79. The van der Waals surface area contributed by atoms with E-state index in [0.717, 1.165) is 10.1 Å². The van der Waals surface area contributed by atoms with Crippen LogP contribution in [0.4, 0.5) is 17.6 Å². The van der Waals surface area contributed by atoms with E-state index in [-0.39, 0.29) is 0 Å². The predicted octanol–water partition coefficient (Wildman–Crippen LogP) is 3.85. The number of ether oxygens (including phenoxy) is 1. The van der Waals surface area contributed by atoms with Crippen LogP contribution in [-0.2, 0) is 4.74 Å². The van der Waals surface area contributed by atoms with Crippen LogP contribution in [0.2, 0.25) is 0 Å². The number of hydrogen-bond acceptors (Lipinski definition) is 3. The summed E-state index contributed by atoms with van der Waals surface area (Å²) >= 11 is 1.40. The van der Waals surface area contributed by atoms with Crippen LogP contribution in [-0.4, -0.2) is 30.7 Å². The smallest absolute Gasteiger partial charge is 0.330 e. The van der Waals surface area contributed by atoms with Gasteiger partial charge in [-0.1, -0.05) is 18.2 Å². The summed E-state index contributed by atoms with van der Waals surface area (Å²) in [6.07, 6.45) is -4.91. The van der Waals surface area contributed by atoms with Crippen molar-refractivity contribution in [3.63, 3.8) is 0 Å². The lowest BCUT2D eigenvalue weighted by atomic mass is 10.1. The van der Waals surface area contributed by atoms with E-state index in [1.807, 2.05) is 17.5 Å². The van der Waals surface area contributed by atoms with E-state index in [9.17, 15) is 22.7 Å². The van der Waals surface area contributed by atoms with Crippen molar-refractivity contribution in [1.82, 2.24) is 0 Å². The summed E-state index contributed by atoms with van der Waals surface area (Å²) in [5.41, 5.74) is 0.540. The molecule has 0 spiro atoms. The Labute approximate surface area is 116 Å². The van der Waals surface area contributed by atoms with E-state index in [0.29, 0.717) is 5.56 Å². The van der Waals surface area contributed by atoms with Crippen LogP contribution >= 0.6 is 11.3 Å². The summed E-state index contributed by atoms with van der Waals surface area (Å²) < 4.78 is 54.5. The van der Waals surface area contributed by atoms with Gasteiger partial charge in [0, 0.05) is 10.3 Å². The van der Waals surface area contributed by atoms with Gasteiger partial charge >= 0.3 is 12.3 Å². The molecule has 110 valence electrons. The van der Waals surface area contributed by atoms with Crippen LogP contribution in [0.5, 0.6) is 0 Å². The van der Waals surface area contributed by atoms with Crippen LogP contribution in [0.15, 0.2) is 29.6 Å². The third-order valence-electron chi connectivity index (χ3n) is 2.76. The summed E-state index contributed by atoms with van der Waals surface area (Å²) in [6, 6.07) is 7.09. The first-order valence-corrected chi connectivity index (χ1v) is 6.67. The summed E-state index contributed by atoms with van der Waals surface area (Å²) in [4.78, 5) is 0. The molecular formula is C13H12F4O2S. The van der Waals surface area contributed by atoms with Crippen molar-refractivity contribution in [2.45, 2.75) is 18.5 Å². The summed E-state index contributed by atoms with van der Waals surface area (Å²) in [5, 5.41) is 12.7. The summed E-state index contributed by atoms with van der Waals surface area (Å²) in [7, 11) is 0. The first kappa shape index (κ1) is 15.2. The van der Waals surface area contributed by atoms with Crippen molar-refractivity contribution in [2.24, 2.45) is 0 Å². The van der Waals surface area contributed by atoms with Gasteiger partial charge < -0.3 is 9.84 Å². The van der Waals surface area contributed by atoms with Crippen LogP contribution in [0.25, 0.3) is 10.1 Å². The van der Waals surface area contributed by atoms with E-state index >= 15 is 0 Å². The highest BCUT2D eigenvalue weighted by molar-refractivity contribution is 7.17. The number of halogens is 4. The Morgan fingerprint density at radius 3 is 2.70 bits per heavy atom. The van der Waals surface area contributed by atoms with Gasteiger partial charge in [-0.25, -0.2) is 8.78 Å². The fraction of sp³-hybridized carbons (Fsp3) is 0.385. The maximum atomic E-state index is 12.6. The van der Waals surface area contributed by atoms with Gasteiger partial charge in [0.2, 0.25) is 0 Å². The minimum absolute atomic E-state index is 0.459. The van der Waals surface area contributed by atoms with E-state index < -0.39 is 31.7 Å². The summed E-state index contributed by atoms with van der Waals surface area (Å²) in [5.74, 6) is -4.20. The lowest BCUT2D eigenvalue weighted by Crippen LogP contribution is -2.33. The maximum absolute atomic E-state index is 12.6. The largest absolute Gasteiger partial charge is 0.386 e. The van der Waals surface area contributed by atoms with Crippen LogP contribution in [0, 0.1) is 0 Å². The molecule has 2 rings (SSSR count). The Kier molecular flexibility index (Phi) is 4.62. The zero-order valence-electron chi connectivity index (χ0n) is 10.2. The molecule has 2 nitrogen and oxygen atoms in total. The molecule has 0 radical (unpaired) electrons. The van der Waals surface area contributed by atoms with Gasteiger partial charge in [0.05, 0.1) is 6.61 Å². The molecule has 0 amide bonds. The molecule has 1 atom stereocenters. The molecule has 1 aromatic heterocycles. The Balaban J connectivity index is 1.99. The fourth-order valence-corrected chi connectivity index (χ4v) is 2.70. The zero-order chi connectivity index (χ0) is 14.8. The lowest BCUT2D eigenvalue weighted by Gasteiger charge is -2.17. The Morgan fingerprint density at radius 1 is 1.25 bits per heavy atom. The first-order chi connectivity index (χ1) is 9.42. The minimum atomic E-state index is -4.20. The predicted molar refractivity (Wildman–Crippen MR) is 68.6 cm³/mol. The van der Waals surface area contributed by atoms with Gasteiger partial charge in [-0.15, -0.1) is 11.3 Å². The highest BCUT2D eigenvalue weighted by atomic mass is 32.1. The van der Waals surface area contributed by atoms with Gasteiger partial charge in [0.25, 0.3) is 0 Å². The number of rotatable bonds is 6. The number of hydrogen-bond donors (Lipinski definition) is 1. The molecule has 0 fully saturated rings. The molecular weight excluding hydrogens is 296 g/mol. The van der Waals surface area contributed by atoms with Crippen molar-refractivity contribution in [2.75, 3.05) is 13.2 Å². The molecule has 0 aliphatic heterocycles. The van der Waals surface area contributed by atoms with Crippen molar-refractivity contribution in [3.8, 4) is 0 Å². The molecule has 2 aromatic rings. The van der Waals surface area contributed by atoms with Crippen LogP contribution in [0.1, 0.15) is 11.7 Å². The van der Waals surface area contributed by atoms with Gasteiger partial charge in [-0.05, 0) is 16.8 Å². The Bertz CT molecular complexity index is 570. The standard InChI is InChI=1S/C13H12F4O2S/c14-12(15)13(16,17)7-19-6-10(18)9-3-1-2-8-4-5-20-11(8)9/h1-5,10,12,18H,6-7H2. The molecule has 0 saturated heterocycles. The second-order valence-corrected chi connectivity index (χ2v) is 5.19. The Morgan fingerprint density at radius 2 is 2.00 bits per heavy atom. The van der Waals surface area contributed by atoms with Gasteiger partial charge in [0.1, 0.15) is 12.7 Å². The van der Waals surface area contributed by atoms with Crippen molar-refractivity contribution < 1.29 is 27.4 Å². The summed E-state index contributed by atoms with van der Waals surface area (Å²) in [6.45, 7) is -1.87. The van der Waals surface area contributed by atoms with Crippen LogP contribution in [0.3, 0.4) is 0 Å². The zero-order valence-corrected chi connectivity index (χ0v) is 11.0. The average Bonchev–Trinajstić information content (AvgIpc) is 2.86. The van der Waals surface area contributed by atoms with Crippen LogP contribution < -0.4 is 0 Å². The molecule has 0 saturated carbocycles. The van der Waals surface area contributed by atoms with E-state index in [4.69, 9.17) is 0 Å². The monoisotopic (exact) mass is 308 g/mol. The molecule has 0 aliphatic rings. The number of aliphatic hydroxyl groups is 1. The van der Waals surface area contributed by atoms with Gasteiger partial charge in [-0.3, -0.25) is 0 Å². The normalized spacial score (nSPS) is 14.1. The molecule has 1 heterocycles. The Hall–Kier alpha value is -1.18. The van der Waals surface area contributed by atoms with E-state index in [1.54, 1.807) is 12.1 Å². The van der Waals surface area contributed by atoms with Gasteiger partial charge in [0.15, 0.2) is 0 Å². The minimum Gasteiger partial charge on any atom is -0.386 e. The lowest BCUT2D eigenvalue weighted by molar-refractivity contribution is -0.170. The SMILES string of the molecule is OC(COCC(F)(F)C(F)F)c1cccc2ccsc12. The van der Waals surface area contributed by atoms with E-state index in [2.05, 4.69) is 4.74 Å². The number of aliphatic hydroxyl groups excluding tert-OH is 1. The molecule has 0 bridgehead atoms. The molecule has 1 unspecified atom stereocenters. The number of fused-ring (bicyclic) bond motifs is 1. The topological polar surface area (TPSA) is 29.5 Å². The maximum Gasteiger partial charge on any atom is 0.330 e. The molecule has 1 aromatic carbocycles. The van der Waals surface area contributed by atoms with E-state index in [1.165, 1.54) is 11.3 Å². The second-order valence-electron chi connectivity index (χ2n) is 4.28.